The number of thiophene rings is 1. The monoisotopic (exact) mass is 238 g/mol. The molecule has 3 N–H and O–H groups in total. The molecule has 0 fully saturated rings. The second-order valence-electron chi connectivity index (χ2n) is 3.85. The molecule has 0 radical (unpaired) electrons. The van der Waals surface area contributed by atoms with Gasteiger partial charge >= 0.3 is 0 Å². The topological polar surface area (TPSA) is 49.5 Å². The summed E-state index contributed by atoms with van der Waals surface area (Å²) < 4.78 is 0. The van der Waals surface area contributed by atoms with Gasteiger partial charge in [0.1, 0.15) is 0 Å². The third-order valence-corrected chi connectivity index (χ3v) is 2.91. The summed E-state index contributed by atoms with van der Waals surface area (Å²) in [4.78, 5) is 3.35. The van der Waals surface area contributed by atoms with Crippen molar-refractivity contribution in [2.24, 2.45) is 5.73 Å². The molecule has 1 atom stereocenters. The zero-order chi connectivity index (χ0) is 12.0. The van der Waals surface area contributed by atoms with E-state index in [1.807, 2.05) is 12.4 Å². The summed E-state index contributed by atoms with van der Waals surface area (Å²) in [5.74, 6) is 5.84. The standard InChI is InChI=1S/C12H18N2OS/c1-10(15)7-14(2)8-12-6-11(9-16-12)4-3-5-13/h6,9-10,15H,5,7-8,13H2,1-2H3. The molecule has 0 saturated carbocycles. The van der Waals surface area contributed by atoms with Gasteiger partial charge in [-0.05, 0) is 20.0 Å². The van der Waals surface area contributed by atoms with Gasteiger partial charge in [-0.1, -0.05) is 11.8 Å². The summed E-state index contributed by atoms with van der Waals surface area (Å²) in [6, 6.07) is 2.08. The molecule has 16 heavy (non-hydrogen) atoms. The molecule has 0 aliphatic carbocycles. The van der Waals surface area contributed by atoms with E-state index in [4.69, 9.17) is 5.73 Å². The highest BCUT2D eigenvalue weighted by molar-refractivity contribution is 7.10. The molecule has 1 aromatic rings. The third kappa shape index (κ3) is 4.77. The van der Waals surface area contributed by atoms with Crippen molar-refractivity contribution in [2.75, 3.05) is 20.1 Å². The number of hydrogen-bond donors (Lipinski definition) is 2. The summed E-state index contributed by atoms with van der Waals surface area (Å²) in [6.45, 7) is 3.72. The lowest BCUT2D eigenvalue weighted by atomic mass is 10.3. The van der Waals surface area contributed by atoms with Gasteiger partial charge in [-0.15, -0.1) is 11.3 Å². The quantitative estimate of drug-likeness (QED) is 0.765. The van der Waals surface area contributed by atoms with Crippen LogP contribution in [0.1, 0.15) is 17.4 Å². The van der Waals surface area contributed by atoms with Crippen molar-refractivity contribution in [3.63, 3.8) is 0 Å². The second kappa shape index (κ2) is 6.66. The van der Waals surface area contributed by atoms with Crippen LogP contribution in [0.15, 0.2) is 11.4 Å². The van der Waals surface area contributed by atoms with Gasteiger partial charge in [-0.25, -0.2) is 0 Å². The molecule has 4 heteroatoms. The number of likely N-dealkylation sites (N-methyl/N-ethyl adjacent to an activating group) is 1. The first-order valence-corrected chi connectivity index (χ1v) is 6.12. The number of nitrogens with zero attached hydrogens (tertiary/aromatic N) is 1. The van der Waals surface area contributed by atoms with Crippen LogP contribution in [0, 0.1) is 11.8 Å². The average molecular weight is 238 g/mol. The van der Waals surface area contributed by atoms with E-state index in [0.29, 0.717) is 13.1 Å². The fourth-order valence-electron chi connectivity index (χ4n) is 1.46. The lowest BCUT2D eigenvalue weighted by molar-refractivity contribution is 0.139. The highest BCUT2D eigenvalue weighted by atomic mass is 32.1. The zero-order valence-corrected chi connectivity index (χ0v) is 10.5. The van der Waals surface area contributed by atoms with Crippen LogP contribution >= 0.6 is 11.3 Å². The Balaban J connectivity index is 2.51. The highest BCUT2D eigenvalue weighted by Gasteiger charge is 2.05. The predicted molar refractivity (Wildman–Crippen MR) is 68.3 cm³/mol. The molecule has 0 saturated heterocycles. The molecule has 0 amide bonds. The molecule has 0 aliphatic rings. The first kappa shape index (κ1) is 13.2. The van der Waals surface area contributed by atoms with Gasteiger partial charge in [-0.3, -0.25) is 4.90 Å². The zero-order valence-electron chi connectivity index (χ0n) is 9.73. The summed E-state index contributed by atoms with van der Waals surface area (Å²) in [7, 11) is 2.00. The maximum absolute atomic E-state index is 9.25. The normalized spacial score (nSPS) is 12.3. The molecular weight excluding hydrogens is 220 g/mol. The Morgan fingerprint density at radius 1 is 1.62 bits per heavy atom. The van der Waals surface area contributed by atoms with E-state index in [9.17, 15) is 5.11 Å². The van der Waals surface area contributed by atoms with Crippen molar-refractivity contribution in [1.29, 1.82) is 0 Å². The van der Waals surface area contributed by atoms with E-state index in [0.717, 1.165) is 12.1 Å². The average Bonchev–Trinajstić information content (AvgIpc) is 2.61. The SMILES string of the molecule is CC(O)CN(C)Cc1cc(C#CCN)cs1. The minimum Gasteiger partial charge on any atom is -0.392 e. The van der Waals surface area contributed by atoms with Gasteiger partial charge in [0, 0.05) is 28.9 Å². The summed E-state index contributed by atoms with van der Waals surface area (Å²) in [6.07, 6.45) is -0.290. The molecule has 0 spiro atoms. The van der Waals surface area contributed by atoms with Gasteiger partial charge in [0.05, 0.1) is 12.6 Å². The van der Waals surface area contributed by atoms with Crippen LogP contribution in [-0.2, 0) is 6.54 Å². The summed E-state index contributed by atoms with van der Waals surface area (Å²) >= 11 is 1.69. The van der Waals surface area contributed by atoms with Crippen molar-refractivity contribution < 1.29 is 5.11 Å². The van der Waals surface area contributed by atoms with Crippen molar-refractivity contribution in [2.45, 2.75) is 19.6 Å². The first-order chi connectivity index (χ1) is 7.61. The lowest BCUT2D eigenvalue weighted by Crippen LogP contribution is -2.26. The largest absolute Gasteiger partial charge is 0.392 e. The Labute approximate surface area is 101 Å². The van der Waals surface area contributed by atoms with Gasteiger partial charge < -0.3 is 10.8 Å². The molecule has 0 aliphatic heterocycles. The van der Waals surface area contributed by atoms with Crippen LogP contribution < -0.4 is 5.73 Å². The molecule has 88 valence electrons. The Morgan fingerprint density at radius 3 is 3.00 bits per heavy atom. The number of hydrogen-bond acceptors (Lipinski definition) is 4. The number of aliphatic hydroxyl groups is 1. The molecular formula is C12H18N2OS. The highest BCUT2D eigenvalue weighted by Crippen LogP contribution is 2.15. The van der Waals surface area contributed by atoms with Crippen molar-refractivity contribution >= 4 is 11.3 Å². The van der Waals surface area contributed by atoms with Gasteiger partial charge in [-0.2, -0.15) is 0 Å². The van der Waals surface area contributed by atoms with Crippen LogP contribution in [0.4, 0.5) is 0 Å². The Hall–Kier alpha value is -0.860. The molecule has 3 nitrogen and oxygen atoms in total. The van der Waals surface area contributed by atoms with E-state index < -0.39 is 0 Å². The van der Waals surface area contributed by atoms with Crippen LogP contribution in [0.5, 0.6) is 0 Å². The molecule has 1 rings (SSSR count). The van der Waals surface area contributed by atoms with Gasteiger partial charge in [0.2, 0.25) is 0 Å². The summed E-state index contributed by atoms with van der Waals surface area (Å²) in [5.41, 5.74) is 6.34. The minimum atomic E-state index is -0.290. The summed E-state index contributed by atoms with van der Waals surface area (Å²) in [5, 5.41) is 11.3. The van der Waals surface area contributed by atoms with Crippen LogP contribution in [-0.4, -0.2) is 36.2 Å². The second-order valence-corrected chi connectivity index (χ2v) is 4.85. The van der Waals surface area contributed by atoms with E-state index in [1.165, 1.54) is 4.88 Å². The minimum absolute atomic E-state index is 0.290. The molecule has 0 aromatic carbocycles. The Morgan fingerprint density at radius 2 is 2.38 bits per heavy atom. The van der Waals surface area contributed by atoms with Gasteiger partial charge in [0.15, 0.2) is 0 Å². The van der Waals surface area contributed by atoms with Crippen LogP contribution in [0.3, 0.4) is 0 Å². The van der Waals surface area contributed by atoms with Crippen molar-refractivity contribution in [3.05, 3.63) is 21.9 Å². The van der Waals surface area contributed by atoms with Crippen LogP contribution in [0.2, 0.25) is 0 Å². The van der Waals surface area contributed by atoms with Gasteiger partial charge in [0.25, 0.3) is 0 Å². The predicted octanol–water partition coefficient (Wildman–Crippen LogP) is 0.871. The molecule has 0 bridgehead atoms. The molecule has 1 aromatic heterocycles. The van der Waals surface area contributed by atoms with E-state index in [2.05, 4.69) is 22.8 Å². The molecule has 1 heterocycles. The first-order valence-electron chi connectivity index (χ1n) is 5.24. The number of nitrogens with two attached hydrogens (primary N) is 1. The van der Waals surface area contributed by atoms with E-state index >= 15 is 0 Å². The molecule has 1 unspecified atom stereocenters. The van der Waals surface area contributed by atoms with E-state index in [-0.39, 0.29) is 6.10 Å². The van der Waals surface area contributed by atoms with E-state index in [1.54, 1.807) is 18.3 Å². The fraction of sp³-hybridized carbons (Fsp3) is 0.500. The number of rotatable bonds is 4. The van der Waals surface area contributed by atoms with Crippen LogP contribution in [0.25, 0.3) is 0 Å². The Kier molecular flexibility index (Phi) is 5.50. The third-order valence-electron chi connectivity index (χ3n) is 1.99. The van der Waals surface area contributed by atoms with Crippen molar-refractivity contribution in [1.82, 2.24) is 4.90 Å². The fourth-order valence-corrected chi connectivity index (χ4v) is 2.36. The maximum atomic E-state index is 9.25. The smallest absolute Gasteiger partial charge is 0.0639 e. The Bertz CT molecular complexity index is 376. The lowest BCUT2D eigenvalue weighted by Gasteiger charge is -2.16. The maximum Gasteiger partial charge on any atom is 0.0639 e. The number of aliphatic hydroxyl groups excluding tert-OH is 1. The van der Waals surface area contributed by atoms with Crippen molar-refractivity contribution in [3.8, 4) is 11.8 Å².